The molecule has 0 radical (unpaired) electrons. The summed E-state index contributed by atoms with van der Waals surface area (Å²) in [5.74, 6) is 0.890. The fourth-order valence-electron chi connectivity index (χ4n) is 2.20. The van der Waals surface area contributed by atoms with Crippen LogP contribution >= 0.6 is 11.6 Å². The van der Waals surface area contributed by atoms with Crippen molar-refractivity contribution in [2.45, 2.75) is 18.9 Å². The van der Waals surface area contributed by atoms with Crippen LogP contribution < -0.4 is 10.2 Å². The predicted molar refractivity (Wildman–Crippen MR) is 55.9 cm³/mol. The van der Waals surface area contributed by atoms with Gasteiger partial charge in [-0.2, -0.15) is 4.98 Å². The van der Waals surface area contributed by atoms with Crippen molar-refractivity contribution in [3.63, 3.8) is 0 Å². The van der Waals surface area contributed by atoms with Gasteiger partial charge in [0.05, 0.1) is 11.9 Å². The third-order valence-electron chi connectivity index (χ3n) is 2.84. The Morgan fingerprint density at radius 1 is 1.57 bits per heavy atom. The second kappa shape index (κ2) is 2.98. The minimum absolute atomic E-state index is 0.317. The summed E-state index contributed by atoms with van der Waals surface area (Å²) in [6, 6.07) is 0.530. The maximum Gasteiger partial charge on any atom is 0.224 e. The predicted octanol–water partition coefficient (Wildman–Crippen LogP) is 1.52. The van der Waals surface area contributed by atoms with Gasteiger partial charge in [0.2, 0.25) is 5.28 Å². The van der Waals surface area contributed by atoms with Gasteiger partial charge in [0, 0.05) is 19.1 Å². The number of piperidine rings is 1. The number of fused-ring (bicyclic) bond motifs is 4. The molecule has 14 heavy (non-hydrogen) atoms. The monoisotopic (exact) mass is 210 g/mol. The molecule has 3 heterocycles. The van der Waals surface area contributed by atoms with Crippen molar-refractivity contribution in [3.05, 3.63) is 11.5 Å². The van der Waals surface area contributed by atoms with E-state index in [1.54, 1.807) is 6.20 Å². The molecule has 0 spiro atoms. The summed E-state index contributed by atoms with van der Waals surface area (Å²) < 4.78 is 0. The van der Waals surface area contributed by atoms with Crippen LogP contribution in [0.4, 0.5) is 11.5 Å². The summed E-state index contributed by atoms with van der Waals surface area (Å²) in [4.78, 5) is 10.5. The molecule has 4 nitrogen and oxygen atoms in total. The Morgan fingerprint density at radius 3 is 3.43 bits per heavy atom. The Bertz CT molecular complexity index is 368. The second-order valence-electron chi connectivity index (χ2n) is 3.80. The maximum absolute atomic E-state index is 5.75. The van der Waals surface area contributed by atoms with E-state index in [-0.39, 0.29) is 0 Å². The molecule has 1 N–H and O–H groups in total. The highest BCUT2D eigenvalue weighted by atomic mass is 35.5. The third-order valence-corrected chi connectivity index (χ3v) is 3.03. The first-order valence-electron chi connectivity index (χ1n) is 4.87. The van der Waals surface area contributed by atoms with Crippen molar-refractivity contribution in [2.24, 2.45) is 0 Å². The molecule has 74 valence electrons. The van der Waals surface area contributed by atoms with Crippen LogP contribution in [0.3, 0.4) is 0 Å². The van der Waals surface area contributed by atoms with Gasteiger partial charge in [-0.05, 0) is 24.4 Å². The van der Waals surface area contributed by atoms with Crippen molar-refractivity contribution in [2.75, 3.05) is 23.3 Å². The highest BCUT2D eigenvalue weighted by molar-refractivity contribution is 6.28. The molecule has 1 aromatic heterocycles. The molecule has 1 saturated heterocycles. The Balaban J connectivity index is 2.06. The lowest BCUT2D eigenvalue weighted by atomic mass is 10.0. The van der Waals surface area contributed by atoms with Crippen molar-refractivity contribution < 1.29 is 0 Å². The number of anilines is 2. The molecule has 5 heteroatoms. The minimum Gasteiger partial charge on any atom is -0.365 e. The first-order chi connectivity index (χ1) is 6.83. The first-order valence-corrected chi connectivity index (χ1v) is 5.25. The Kier molecular flexibility index (Phi) is 1.77. The number of rotatable bonds is 0. The van der Waals surface area contributed by atoms with E-state index in [0.717, 1.165) is 24.6 Å². The van der Waals surface area contributed by atoms with Gasteiger partial charge in [0.15, 0.2) is 5.82 Å². The molecule has 3 rings (SSSR count). The molecule has 2 aliphatic rings. The number of nitrogens with zero attached hydrogens (tertiary/aromatic N) is 3. The zero-order chi connectivity index (χ0) is 9.54. The zero-order valence-electron chi connectivity index (χ0n) is 7.70. The largest absolute Gasteiger partial charge is 0.365 e. The van der Waals surface area contributed by atoms with E-state index in [9.17, 15) is 0 Å². The Hall–Kier alpha value is -1.03. The van der Waals surface area contributed by atoms with Gasteiger partial charge in [0.25, 0.3) is 0 Å². The van der Waals surface area contributed by atoms with E-state index in [2.05, 4.69) is 20.2 Å². The van der Waals surface area contributed by atoms with Crippen LogP contribution in [0.5, 0.6) is 0 Å². The Labute approximate surface area is 87.3 Å². The summed E-state index contributed by atoms with van der Waals surface area (Å²) in [5, 5.41) is 3.71. The van der Waals surface area contributed by atoms with Gasteiger partial charge < -0.3 is 10.2 Å². The lowest BCUT2D eigenvalue weighted by molar-refractivity contribution is 0.515. The van der Waals surface area contributed by atoms with Crippen LogP contribution in [0.25, 0.3) is 0 Å². The van der Waals surface area contributed by atoms with Crippen molar-refractivity contribution in [1.29, 1.82) is 0 Å². The topological polar surface area (TPSA) is 41.1 Å². The molecule has 2 bridgehead atoms. The normalized spacial score (nSPS) is 24.1. The maximum atomic E-state index is 5.75. The fourth-order valence-corrected chi connectivity index (χ4v) is 2.33. The van der Waals surface area contributed by atoms with Crippen LogP contribution in [-0.2, 0) is 0 Å². The second-order valence-corrected chi connectivity index (χ2v) is 4.14. The molecular formula is C9H11ClN4. The molecule has 0 aliphatic carbocycles. The van der Waals surface area contributed by atoms with Gasteiger partial charge >= 0.3 is 0 Å². The standard InChI is InChI=1S/C9H11ClN4/c10-9-11-4-7-8(13-9)12-6-2-1-3-14(7)5-6/h4,6H,1-3,5H2,(H,11,12,13)/t6-/m0/s1. The minimum atomic E-state index is 0.317. The number of hydrogen-bond acceptors (Lipinski definition) is 4. The van der Waals surface area contributed by atoms with E-state index in [1.165, 1.54) is 12.8 Å². The van der Waals surface area contributed by atoms with E-state index < -0.39 is 0 Å². The van der Waals surface area contributed by atoms with Gasteiger partial charge in [-0.1, -0.05) is 0 Å². The summed E-state index contributed by atoms with van der Waals surface area (Å²) in [7, 11) is 0. The highest BCUT2D eigenvalue weighted by Gasteiger charge is 2.28. The lowest BCUT2D eigenvalue weighted by Crippen LogP contribution is -2.46. The molecule has 0 unspecified atom stereocenters. The third kappa shape index (κ3) is 1.21. The van der Waals surface area contributed by atoms with Crippen molar-refractivity contribution in [3.8, 4) is 0 Å². The average molecular weight is 211 g/mol. The van der Waals surface area contributed by atoms with Crippen LogP contribution in [-0.4, -0.2) is 29.1 Å². The summed E-state index contributed by atoms with van der Waals surface area (Å²) in [6.45, 7) is 2.17. The number of hydrogen-bond donors (Lipinski definition) is 1. The fraction of sp³-hybridized carbons (Fsp3) is 0.556. The van der Waals surface area contributed by atoms with Gasteiger partial charge in [-0.15, -0.1) is 0 Å². The quantitative estimate of drug-likeness (QED) is 0.660. The average Bonchev–Trinajstić information content (AvgIpc) is 2.17. The highest BCUT2D eigenvalue weighted by Crippen LogP contribution is 2.32. The molecule has 1 atom stereocenters. The number of nitrogens with one attached hydrogen (secondary N) is 1. The smallest absolute Gasteiger partial charge is 0.224 e. The van der Waals surface area contributed by atoms with Crippen LogP contribution in [0.2, 0.25) is 5.28 Å². The van der Waals surface area contributed by atoms with E-state index in [0.29, 0.717) is 11.3 Å². The van der Waals surface area contributed by atoms with E-state index >= 15 is 0 Å². The summed E-state index contributed by atoms with van der Waals surface area (Å²) in [6.07, 6.45) is 4.26. The zero-order valence-corrected chi connectivity index (χ0v) is 8.46. The summed E-state index contributed by atoms with van der Waals surface area (Å²) in [5.41, 5.74) is 1.09. The van der Waals surface area contributed by atoms with Crippen LogP contribution in [0.1, 0.15) is 12.8 Å². The van der Waals surface area contributed by atoms with Gasteiger partial charge in [0.1, 0.15) is 0 Å². The molecule has 0 saturated carbocycles. The molecule has 1 fully saturated rings. The van der Waals surface area contributed by atoms with E-state index in [4.69, 9.17) is 11.6 Å². The van der Waals surface area contributed by atoms with Crippen molar-refractivity contribution >= 4 is 23.1 Å². The first kappa shape index (κ1) is 8.29. The van der Waals surface area contributed by atoms with Gasteiger partial charge in [-0.25, -0.2) is 4.98 Å². The van der Waals surface area contributed by atoms with Crippen molar-refractivity contribution in [1.82, 2.24) is 9.97 Å². The molecular weight excluding hydrogens is 200 g/mol. The van der Waals surface area contributed by atoms with Gasteiger partial charge in [-0.3, -0.25) is 0 Å². The lowest BCUT2D eigenvalue weighted by Gasteiger charge is -2.40. The molecule has 0 amide bonds. The molecule has 2 aliphatic heterocycles. The Morgan fingerprint density at radius 2 is 2.50 bits per heavy atom. The van der Waals surface area contributed by atoms with Crippen LogP contribution in [0.15, 0.2) is 6.20 Å². The SMILES string of the molecule is Clc1ncc2c(n1)N[C@H]1CCCN2C1. The number of aromatic nitrogens is 2. The molecule has 1 aromatic rings. The number of halogens is 1. The molecule has 0 aromatic carbocycles. The summed E-state index contributed by atoms with van der Waals surface area (Å²) >= 11 is 5.75. The van der Waals surface area contributed by atoms with Crippen LogP contribution in [0, 0.1) is 0 Å². The van der Waals surface area contributed by atoms with E-state index in [1.807, 2.05) is 0 Å².